The van der Waals surface area contributed by atoms with Gasteiger partial charge in [0.2, 0.25) is 0 Å². The maximum absolute atomic E-state index is 4.74. The van der Waals surface area contributed by atoms with E-state index in [1.165, 1.54) is 18.1 Å². The molecule has 0 spiro atoms. The van der Waals surface area contributed by atoms with Crippen LogP contribution < -0.4 is 14.8 Å². The average Bonchev–Trinajstić information content (AvgIpc) is 3.22. The Hall–Kier alpha value is -0.602. The first-order valence-electron chi connectivity index (χ1n) is 6.44. The minimum atomic E-state index is -0.0914. The Morgan fingerprint density at radius 2 is 2.18 bits per heavy atom. The molecule has 1 atom stereocenters. The molecule has 1 saturated heterocycles. The molecule has 1 N–H and O–H groups in total. The van der Waals surface area contributed by atoms with Crippen molar-refractivity contribution in [2.45, 2.75) is 18.1 Å². The molecular weight excluding hydrogens is 275 g/mol. The quantitative estimate of drug-likeness (QED) is 0.779. The van der Waals surface area contributed by atoms with Crippen LogP contribution in [-0.2, 0) is 0 Å². The van der Waals surface area contributed by atoms with Crippen LogP contribution in [0.5, 0.6) is 0 Å². The van der Waals surface area contributed by atoms with Crippen molar-refractivity contribution >= 4 is 26.2 Å². The van der Waals surface area contributed by atoms with E-state index in [2.05, 4.69) is 21.3 Å². The fourth-order valence-electron chi connectivity index (χ4n) is 2.06. The fourth-order valence-corrected chi connectivity index (χ4v) is 4.66. The average molecular weight is 294 g/mol. The summed E-state index contributed by atoms with van der Waals surface area (Å²) in [5.74, 6) is 2.15. The molecule has 1 aromatic rings. The van der Waals surface area contributed by atoms with Crippen molar-refractivity contribution in [3.8, 4) is 0 Å². The van der Waals surface area contributed by atoms with E-state index in [9.17, 15) is 0 Å². The van der Waals surface area contributed by atoms with Gasteiger partial charge in [-0.15, -0.1) is 0 Å². The van der Waals surface area contributed by atoms with Gasteiger partial charge in [0, 0.05) is 0 Å². The van der Waals surface area contributed by atoms with Gasteiger partial charge in [-0.05, 0) is 0 Å². The minimum absolute atomic E-state index is 0.0914. The Balaban J connectivity index is 1.64. The second-order valence-corrected chi connectivity index (χ2v) is 7.34. The first kappa shape index (κ1) is 11.5. The Bertz CT molecular complexity index is 375. The Morgan fingerprint density at radius 1 is 1.35 bits per heavy atom. The second-order valence-electron chi connectivity index (χ2n) is 4.80. The Labute approximate surface area is 109 Å². The number of hydrogen-bond donors (Lipinski definition) is 1. The van der Waals surface area contributed by atoms with Gasteiger partial charge >= 0.3 is 109 Å². The zero-order chi connectivity index (χ0) is 11.5. The van der Waals surface area contributed by atoms with Crippen LogP contribution >= 0.6 is 0 Å². The summed E-state index contributed by atoms with van der Waals surface area (Å²) in [7, 11) is 0. The summed E-state index contributed by atoms with van der Waals surface area (Å²) in [6.45, 7) is 4.27. The van der Waals surface area contributed by atoms with Gasteiger partial charge in [0.25, 0.3) is 0 Å². The summed E-state index contributed by atoms with van der Waals surface area (Å²) in [6, 6.07) is 2.05. The molecule has 1 saturated carbocycles. The second kappa shape index (κ2) is 5.36. The molecule has 3 rings (SSSR count). The Morgan fingerprint density at radius 3 is 2.94 bits per heavy atom. The molecule has 92 valence electrons. The first-order chi connectivity index (χ1) is 8.42. The molecule has 17 heavy (non-hydrogen) atoms. The van der Waals surface area contributed by atoms with Gasteiger partial charge in [-0.3, -0.25) is 0 Å². The van der Waals surface area contributed by atoms with Gasteiger partial charge in [0.05, 0.1) is 0 Å². The number of hydrogen-bond acceptors (Lipinski definition) is 4. The first-order valence-corrected chi connectivity index (χ1v) is 8.98. The van der Waals surface area contributed by atoms with Crippen molar-refractivity contribution < 1.29 is 0 Å². The summed E-state index contributed by atoms with van der Waals surface area (Å²) >= 11 is -0.0914. The third-order valence-electron chi connectivity index (χ3n) is 3.33. The normalized spacial score (nSPS) is 21.3. The van der Waals surface area contributed by atoms with Crippen molar-refractivity contribution in [3.05, 3.63) is 12.3 Å². The predicted molar refractivity (Wildman–Crippen MR) is 71.4 cm³/mol. The molecule has 5 heteroatoms. The van der Waals surface area contributed by atoms with E-state index in [-0.39, 0.29) is 15.8 Å². The van der Waals surface area contributed by atoms with Crippen molar-refractivity contribution in [2.24, 2.45) is 5.92 Å². The summed E-state index contributed by atoms with van der Waals surface area (Å²) in [4.78, 5) is 11.5. The molecule has 1 aromatic heterocycles. The van der Waals surface area contributed by atoms with Crippen LogP contribution in [0.1, 0.15) is 12.8 Å². The third kappa shape index (κ3) is 3.20. The molecule has 0 aromatic carbocycles. The van der Waals surface area contributed by atoms with Crippen molar-refractivity contribution in [1.29, 1.82) is 0 Å². The number of nitrogens with one attached hydrogen (secondary N) is 1. The van der Waals surface area contributed by atoms with Crippen molar-refractivity contribution in [2.75, 3.05) is 31.1 Å². The maximum atomic E-state index is 4.74. The van der Waals surface area contributed by atoms with Gasteiger partial charge in [-0.2, -0.15) is 0 Å². The van der Waals surface area contributed by atoms with Gasteiger partial charge in [0.15, 0.2) is 0 Å². The van der Waals surface area contributed by atoms with Crippen LogP contribution in [0.4, 0.5) is 5.82 Å². The standard InChI is InChI=1S/C12H19AsN4/c1-2-10(1)9-13-12-15-4-3-11(16-12)17-7-5-14-6-8-17/h3-4,10,13-14H,1-2,5-9H2. The molecule has 1 aliphatic heterocycles. The van der Waals surface area contributed by atoms with E-state index in [0.717, 1.165) is 42.5 Å². The molecule has 0 radical (unpaired) electrons. The van der Waals surface area contributed by atoms with Crippen LogP contribution in [0.2, 0.25) is 5.21 Å². The molecule has 1 aliphatic carbocycles. The van der Waals surface area contributed by atoms with Gasteiger partial charge < -0.3 is 0 Å². The van der Waals surface area contributed by atoms with Crippen molar-refractivity contribution in [1.82, 2.24) is 15.3 Å². The zero-order valence-corrected chi connectivity index (χ0v) is 12.1. The van der Waals surface area contributed by atoms with E-state index in [1.807, 2.05) is 6.20 Å². The summed E-state index contributed by atoms with van der Waals surface area (Å²) in [6.07, 6.45) is 4.83. The number of rotatable bonds is 4. The molecule has 2 aliphatic rings. The Kier molecular flexibility index (Phi) is 3.62. The van der Waals surface area contributed by atoms with Gasteiger partial charge in [-0.25, -0.2) is 0 Å². The number of aromatic nitrogens is 2. The summed E-state index contributed by atoms with van der Waals surface area (Å²) < 4.78 is 1.15. The number of piperazine rings is 1. The molecule has 2 heterocycles. The molecule has 0 amide bonds. The molecule has 1 unspecified atom stereocenters. The third-order valence-corrected chi connectivity index (χ3v) is 6.14. The number of anilines is 1. The SMILES string of the molecule is c1cc(N2CCNCC2)nc([AsH]CC2CC2)n1. The monoisotopic (exact) mass is 294 g/mol. The fraction of sp³-hybridized carbons (Fsp3) is 0.667. The molecule has 4 nitrogen and oxygen atoms in total. The summed E-state index contributed by atoms with van der Waals surface area (Å²) in [5, 5.41) is 4.76. The van der Waals surface area contributed by atoms with E-state index >= 15 is 0 Å². The van der Waals surface area contributed by atoms with Gasteiger partial charge in [-0.1, -0.05) is 0 Å². The van der Waals surface area contributed by atoms with E-state index in [0.29, 0.717) is 0 Å². The van der Waals surface area contributed by atoms with Crippen LogP contribution in [0.15, 0.2) is 12.3 Å². The van der Waals surface area contributed by atoms with E-state index in [4.69, 9.17) is 4.98 Å². The molecular formula is C12H19AsN4. The van der Waals surface area contributed by atoms with Crippen molar-refractivity contribution in [3.63, 3.8) is 0 Å². The summed E-state index contributed by atoms with van der Waals surface area (Å²) in [5.41, 5.74) is 0. The predicted octanol–water partition coefficient (Wildman–Crippen LogP) is -0.224. The topological polar surface area (TPSA) is 41.0 Å². The zero-order valence-electron chi connectivity index (χ0n) is 10.0. The van der Waals surface area contributed by atoms with E-state index < -0.39 is 0 Å². The molecule has 2 fully saturated rings. The number of nitrogens with zero attached hydrogens (tertiary/aromatic N) is 3. The van der Waals surface area contributed by atoms with Gasteiger partial charge in [0.1, 0.15) is 0 Å². The van der Waals surface area contributed by atoms with E-state index in [1.54, 1.807) is 0 Å². The van der Waals surface area contributed by atoms with Crippen LogP contribution in [0, 0.1) is 5.92 Å². The van der Waals surface area contributed by atoms with Crippen LogP contribution in [0.25, 0.3) is 0 Å². The molecule has 0 bridgehead atoms. The van der Waals surface area contributed by atoms with Crippen LogP contribution in [0.3, 0.4) is 0 Å². The van der Waals surface area contributed by atoms with Crippen LogP contribution in [-0.4, -0.2) is 51.9 Å².